The maximum absolute atomic E-state index is 10.00. The summed E-state index contributed by atoms with van der Waals surface area (Å²) in [5.41, 5.74) is 1.43. The van der Waals surface area contributed by atoms with E-state index < -0.39 is 0 Å². The summed E-state index contributed by atoms with van der Waals surface area (Å²) in [6, 6.07) is 0. The zero-order valence-electron chi connectivity index (χ0n) is 6.82. The van der Waals surface area contributed by atoms with Crippen molar-refractivity contribution in [1.29, 1.82) is 0 Å². The summed E-state index contributed by atoms with van der Waals surface area (Å²) < 4.78 is 0. The van der Waals surface area contributed by atoms with Gasteiger partial charge in [0.2, 0.25) is 0 Å². The highest BCUT2D eigenvalue weighted by atomic mass is 16.1. The van der Waals surface area contributed by atoms with Crippen molar-refractivity contribution in [3.05, 3.63) is 18.3 Å². The van der Waals surface area contributed by atoms with Gasteiger partial charge in [-0.15, -0.1) is 0 Å². The summed E-state index contributed by atoms with van der Waals surface area (Å²) in [6.07, 6.45) is 5.84. The lowest BCUT2D eigenvalue weighted by atomic mass is 10.3. The standard InChI is InChI=1S/C8H7N4O/c13-3-1-2-7-11-6-4-9-5-10-8(6)12-7/h4-5H,1-2H2,(H,9,10,11,12). The van der Waals surface area contributed by atoms with E-state index in [4.69, 9.17) is 0 Å². The Bertz CT molecular complexity index is 390. The molecule has 0 aromatic carbocycles. The predicted molar refractivity (Wildman–Crippen MR) is 45.7 cm³/mol. The molecule has 2 aromatic rings. The second-order valence-corrected chi connectivity index (χ2v) is 2.59. The van der Waals surface area contributed by atoms with Crippen molar-refractivity contribution in [2.75, 3.05) is 0 Å². The molecule has 0 aliphatic heterocycles. The molecule has 2 rings (SSSR count). The molecule has 5 heteroatoms. The third-order valence-corrected chi connectivity index (χ3v) is 1.67. The predicted octanol–water partition coefficient (Wildman–Crippen LogP) is 0.395. The van der Waals surface area contributed by atoms with Crippen LogP contribution in [0, 0.1) is 0 Å². The van der Waals surface area contributed by atoms with Gasteiger partial charge in [0.1, 0.15) is 17.7 Å². The van der Waals surface area contributed by atoms with Crippen molar-refractivity contribution < 1.29 is 4.79 Å². The molecule has 0 bridgehead atoms. The number of imidazole rings is 1. The van der Waals surface area contributed by atoms with Gasteiger partial charge in [0.15, 0.2) is 11.9 Å². The van der Waals surface area contributed by atoms with Crippen LogP contribution in [0.25, 0.3) is 11.2 Å². The first-order valence-electron chi connectivity index (χ1n) is 3.90. The molecule has 0 amide bonds. The van der Waals surface area contributed by atoms with Crippen LogP contribution in [0.5, 0.6) is 0 Å². The molecule has 0 saturated heterocycles. The van der Waals surface area contributed by atoms with Crippen LogP contribution in [-0.4, -0.2) is 26.2 Å². The van der Waals surface area contributed by atoms with Crippen LogP contribution in [0.3, 0.4) is 0 Å². The third kappa shape index (κ3) is 1.53. The molecule has 13 heavy (non-hydrogen) atoms. The van der Waals surface area contributed by atoms with Crippen LogP contribution in [0.2, 0.25) is 0 Å². The highest BCUT2D eigenvalue weighted by Crippen LogP contribution is 2.06. The van der Waals surface area contributed by atoms with Crippen LogP contribution in [-0.2, 0) is 11.2 Å². The Labute approximate surface area is 74.2 Å². The first kappa shape index (κ1) is 7.85. The fourth-order valence-electron chi connectivity index (χ4n) is 1.10. The van der Waals surface area contributed by atoms with Crippen molar-refractivity contribution >= 4 is 17.5 Å². The van der Waals surface area contributed by atoms with E-state index in [-0.39, 0.29) is 0 Å². The van der Waals surface area contributed by atoms with E-state index >= 15 is 0 Å². The highest BCUT2D eigenvalue weighted by Gasteiger charge is 2.02. The molecule has 0 atom stereocenters. The maximum atomic E-state index is 10.00. The van der Waals surface area contributed by atoms with Crippen LogP contribution in [0.4, 0.5) is 0 Å². The smallest absolute Gasteiger partial charge is 0.198 e. The first-order chi connectivity index (χ1) is 6.40. The quantitative estimate of drug-likeness (QED) is 0.732. The SMILES string of the molecule is O=[C]CCc1nc2ncncc2[nH]1. The van der Waals surface area contributed by atoms with E-state index in [2.05, 4.69) is 19.9 Å². The molecular formula is C8H7N4O. The number of nitrogens with zero attached hydrogens (tertiary/aromatic N) is 3. The molecule has 0 unspecified atom stereocenters. The number of hydrogen-bond donors (Lipinski definition) is 1. The minimum absolute atomic E-state index is 0.354. The maximum Gasteiger partial charge on any atom is 0.198 e. The Hall–Kier alpha value is -1.78. The fraction of sp³-hybridized carbons (Fsp3) is 0.250. The Kier molecular flexibility index (Phi) is 1.99. The number of H-pyrrole nitrogens is 1. The number of aromatic nitrogens is 4. The summed E-state index contributed by atoms with van der Waals surface area (Å²) in [6.45, 7) is 0. The summed E-state index contributed by atoms with van der Waals surface area (Å²) in [7, 11) is 0. The van der Waals surface area contributed by atoms with Gasteiger partial charge in [0.05, 0.1) is 6.20 Å². The lowest BCUT2D eigenvalue weighted by molar-refractivity contribution is 0.550. The zero-order chi connectivity index (χ0) is 9.10. The van der Waals surface area contributed by atoms with Gasteiger partial charge in [-0.1, -0.05) is 0 Å². The Morgan fingerprint density at radius 2 is 2.46 bits per heavy atom. The monoisotopic (exact) mass is 175 g/mol. The van der Waals surface area contributed by atoms with E-state index in [1.165, 1.54) is 6.33 Å². The van der Waals surface area contributed by atoms with Gasteiger partial charge in [-0.2, -0.15) is 0 Å². The van der Waals surface area contributed by atoms with Crippen LogP contribution >= 0.6 is 0 Å². The van der Waals surface area contributed by atoms with Gasteiger partial charge in [0, 0.05) is 12.8 Å². The van der Waals surface area contributed by atoms with E-state index in [1.54, 1.807) is 6.20 Å². The number of hydrogen-bond acceptors (Lipinski definition) is 4. The van der Waals surface area contributed by atoms with E-state index in [0.29, 0.717) is 18.5 Å². The lowest BCUT2D eigenvalue weighted by Crippen LogP contribution is -1.87. The van der Waals surface area contributed by atoms with E-state index in [9.17, 15) is 4.79 Å². The van der Waals surface area contributed by atoms with Crippen molar-refractivity contribution in [1.82, 2.24) is 19.9 Å². The van der Waals surface area contributed by atoms with Crippen molar-refractivity contribution in [3.8, 4) is 0 Å². The van der Waals surface area contributed by atoms with Gasteiger partial charge in [-0.3, -0.25) is 4.79 Å². The number of nitrogens with one attached hydrogen (secondary N) is 1. The highest BCUT2D eigenvalue weighted by molar-refractivity contribution is 5.68. The lowest BCUT2D eigenvalue weighted by Gasteiger charge is -1.85. The molecule has 1 N–H and O–H groups in total. The molecule has 0 saturated carbocycles. The number of aromatic amines is 1. The molecule has 5 nitrogen and oxygen atoms in total. The number of aryl methyl sites for hydroxylation is 1. The Balaban J connectivity index is 2.32. The summed E-state index contributed by atoms with van der Waals surface area (Å²) >= 11 is 0. The Morgan fingerprint density at radius 3 is 3.23 bits per heavy atom. The average Bonchev–Trinajstić information content (AvgIpc) is 2.57. The molecule has 0 aliphatic carbocycles. The molecule has 2 aromatic heterocycles. The fourth-order valence-corrected chi connectivity index (χ4v) is 1.10. The van der Waals surface area contributed by atoms with Crippen molar-refractivity contribution in [2.24, 2.45) is 0 Å². The van der Waals surface area contributed by atoms with Crippen LogP contribution in [0.15, 0.2) is 12.5 Å². The van der Waals surface area contributed by atoms with Crippen molar-refractivity contribution in [3.63, 3.8) is 0 Å². The zero-order valence-corrected chi connectivity index (χ0v) is 6.82. The molecule has 1 radical (unpaired) electrons. The average molecular weight is 175 g/mol. The summed E-state index contributed by atoms with van der Waals surface area (Å²) in [5.74, 6) is 0.749. The second-order valence-electron chi connectivity index (χ2n) is 2.59. The number of rotatable bonds is 3. The van der Waals surface area contributed by atoms with Gasteiger partial charge in [-0.25, -0.2) is 15.0 Å². The second kappa shape index (κ2) is 3.30. The van der Waals surface area contributed by atoms with E-state index in [0.717, 1.165) is 11.3 Å². The van der Waals surface area contributed by atoms with Gasteiger partial charge < -0.3 is 4.98 Å². The molecule has 2 heterocycles. The largest absolute Gasteiger partial charge is 0.339 e. The number of carbonyl (C=O) groups excluding carboxylic acids is 1. The Morgan fingerprint density at radius 1 is 1.54 bits per heavy atom. The van der Waals surface area contributed by atoms with Gasteiger partial charge in [0.25, 0.3) is 0 Å². The van der Waals surface area contributed by atoms with E-state index in [1.807, 2.05) is 6.29 Å². The molecule has 65 valence electrons. The number of fused-ring (bicyclic) bond motifs is 1. The van der Waals surface area contributed by atoms with Crippen LogP contribution < -0.4 is 0 Å². The van der Waals surface area contributed by atoms with Gasteiger partial charge in [-0.05, 0) is 0 Å². The van der Waals surface area contributed by atoms with Crippen molar-refractivity contribution in [2.45, 2.75) is 12.8 Å². The molecular weight excluding hydrogens is 168 g/mol. The molecule has 0 aliphatic rings. The normalized spacial score (nSPS) is 10.5. The van der Waals surface area contributed by atoms with Crippen LogP contribution in [0.1, 0.15) is 12.2 Å². The third-order valence-electron chi connectivity index (χ3n) is 1.67. The van der Waals surface area contributed by atoms with Gasteiger partial charge >= 0.3 is 0 Å². The minimum atomic E-state index is 0.354. The summed E-state index contributed by atoms with van der Waals surface area (Å²) in [5, 5.41) is 0. The molecule has 0 spiro atoms. The first-order valence-corrected chi connectivity index (χ1v) is 3.90. The molecule has 0 fully saturated rings. The minimum Gasteiger partial charge on any atom is -0.339 e. The topological polar surface area (TPSA) is 71.5 Å². The summed E-state index contributed by atoms with van der Waals surface area (Å²) in [4.78, 5) is 25.0.